The summed E-state index contributed by atoms with van der Waals surface area (Å²) in [6.45, 7) is 12.7. The van der Waals surface area contributed by atoms with Gasteiger partial charge in [0.1, 0.15) is 68.5 Å². The van der Waals surface area contributed by atoms with E-state index in [4.69, 9.17) is 85.3 Å². The molecule has 4 aliphatic rings. The SMILES string of the molecule is CC(=O)N[C@H]1[C@H](OCCCCCCNC(=O)CCO[C@@H]2[C@H](OCCC(=O)NCCCCCCO[C@@H]3O[C@H](COC(C)=O)[C@H](OC(C)=O)[C@H](OC(C)=O)[C@H]3NC(C)=O)C=C(C(=O)NCCCCNC(=O)CCCCC(=O)Oc3c(F)c(F)c(F)c(F)c3F)C[C@H]2OCCC(=O)NCCCCCCO[C@@H]2O[C@H](COC(C)=O)[C@H](OC(C)=O)[C@H](OC(C)=O)[C@H]2NC(C)=O)O[C@H](COC(C)=O)[C@H](OC(C)=O)[C@@H]1OC(C)=O. The first-order chi connectivity index (χ1) is 67.4. The number of carbonyl (C=O) groups excluding carboxylic acids is 18. The normalized spacial score (nSPS) is 22.9. The monoisotopic (exact) mass is 2040 g/mol. The van der Waals surface area contributed by atoms with Gasteiger partial charge >= 0.3 is 59.7 Å². The number of nitrogens with one attached hydrogen (secondary N) is 8. The molecule has 5 rings (SSSR count). The lowest BCUT2D eigenvalue weighted by molar-refractivity contribution is -0.277. The number of benzene rings is 1. The van der Waals surface area contributed by atoms with E-state index < -0.39 is 278 Å². The highest BCUT2D eigenvalue weighted by molar-refractivity contribution is 5.94. The lowest BCUT2D eigenvalue weighted by Gasteiger charge is -2.44. The van der Waals surface area contributed by atoms with Gasteiger partial charge in [0.05, 0.1) is 25.9 Å². The summed E-state index contributed by atoms with van der Waals surface area (Å²) in [4.78, 5) is 227. The Balaban J connectivity index is 1.27. The van der Waals surface area contributed by atoms with Gasteiger partial charge < -0.3 is 133 Å². The molecule has 45 nitrogen and oxygen atoms in total. The molecule has 8 N–H and O–H groups in total. The molecule has 0 saturated carbocycles. The van der Waals surface area contributed by atoms with Crippen molar-refractivity contribution in [3.63, 3.8) is 0 Å². The topological polar surface area (TPSA) is 579 Å². The molecular weight excluding hydrogens is 1900 g/mol. The second kappa shape index (κ2) is 65.1. The van der Waals surface area contributed by atoms with Crippen LogP contribution in [0, 0.1) is 29.1 Å². The summed E-state index contributed by atoms with van der Waals surface area (Å²) >= 11 is 0. The highest BCUT2D eigenvalue weighted by Gasteiger charge is 2.55. The van der Waals surface area contributed by atoms with Gasteiger partial charge in [-0.25, -0.2) is 13.2 Å². The van der Waals surface area contributed by atoms with E-state index in [1.165, 1.54) is 26.8 Å². The molecule has 3 fully saturated rings. The zero-order valence-corrected chi connectivity index (χ0v) is 81.9. The van der Waals surface area contributed by atoms with Gasteiger partial charge in [-0.15, -0.1) is 0 Å². The van der Waals surface area contributed by atoms with Crippen LogP contribution in [0.2, 0.25) is 0 Å². The molecule has 0 aromatic heterocycles. The van der Waals surface area contributed by atoms with E-state index in [0.717, 1.165) is 62.3 Å². The lowest BCUT2D eigenvalue weighted by atomic mass is 9.91. The summed E-state index contributed by atoms with van der Waals surface area (Å²) in [6, 6.07) is -3.53. The molecule has 1 aliphatic carbocycles. The van der Waals surface area contributed by atoms with Crippen LogP contribution < -0.4 is 47.3 Å². The minimum Gasteiger partial charge on any atom is -0.463 e. The van der Waals surface area contributed by atoms with Gasteiger partial charge in [0.2, 0.25) is 82.1 Å². The summed E-state index contributed by atoms with van der Waals surface area (Å²) in [7, 11) is 0. The van der Waals surface area contributed by atoms with E-state index in [0.29, 0.717) is 89.9 Å². The molecule has 0 radical (unpaired) electrons. The fourth-order valence-corrected chi connectivity index (χ4v) is 15.3. The van der Waals surface area contributed by atoms with Crippen molar-refractivity contribution in [2.75, 3.05) is 92.2 Å². The predicted octanol–water partition coefficient (Wildman–Crippen LogP) is 3.56. The van der Waals surface area contributed by atoms with Gasteiger partial charge in [0, 0.05) is 180 Å². The first kappa shape index (κ1) is 121. The zero-order chi connectivity index (χ0) is 105. The second-order valence-corrected chi connectivity index (χ2v) is 33.7. The highest BCUT2D eigenvalue weighted by Crippen LogP contribution is 2.35. The fourth-order valence-electron chi connectivity index (χ4n) is 15.3. The van der Waals surface area contributed by atoms with E-state index >= 15 is 0 Å². The molecule has 1 aromatic carbocycles. The molecule has 3 aliphatic heterocycles. The molecule has 8 amide bonds. The van der Waals surface area contributed by atoms with Gasteiger partial charge in [-0.1, -0.05) is 38.5 Å². The Hall–Kier alpha value is -11.3. The molecule has 3 heterocycles. The minimum absolute atomic E-state index is 0.0442. The van der Waals surface area contributed by atoms with Crippen LogP contribution in [0.15, 0.2) is 11.6 Å². The van der Waals surface area contributed by atoms with Crippen LogP contribution in [0.3, 0.4) is 0 Å². The Morgan fingerprint density at radius 1 is 0.303 bits per heavy atom. The van der Waals surface area contributed by atoms with Crippen molar-refractivity contribution in [3.05, 3.63) is 40.7 Å². The lowest BCUT2D eigenvalue weighted by Crippen LogP contribution is -2.66. The third kappa shape index (κ3) is 45.5. The Morgan fingerprint density at radius 3 is 0.937 bits per heavy atom. The summed E-state index contributed by atoms with van der Waals surface area (Å²) in [5.74, 6) is -25.5. The molecule has 0 bridgehead atoms. The summed E-state index contributed by atoms with van der Waals surface area (Å²) < 4.78 is 178. The number of amides is 8. The van der Waals surface area contributed by atoms with Crippen molar-refractivity contribution in [2.24, 2.45) is 0 Å². The largest absolute Gasteiger partial charge is 0.463 e. The van der Waals surface area contributed by atoms with Crippen molar-refractivity contribution in [1.29, 1.82) is 0 Å². The summed E-state index contributed by atoms with van der Waals surface area (Å²) in [5.41, 5.74) is 0.139. The van der Waals surface area contributed by atoms with Crippen molar-refractivity contribution < 1.29 is 198 Å². The number of esters is 10. The van der Waals surface area contributed by atoms with Gasteiger partial charge in [-0.05, 0) is 70.3 Å². The number of halogens is 5. The van der Waals surface area contributed by atoms with E-state index in [1.54, 1.807) is 0 Å². The molecule has 3 saturated heterocycles. The van der Waals surface area contributed by atoms with Crippen LogP contribution in [-0.4, -0.2) is 309 Å². The van der Waals surface area contributed by atoms with Crippen molar-refractivity contribution in [3.8, 4) is 5.75 Å². The average Bonchev–Trinajstić information content (AvgIpc) is 0.787. The number of rotatable bonds is 63. The van der Waals surface area contributed by atoms with E-state index in [9.17, 15) is 108 Å². The fraction of sp³-hybridized carbons (Fsp3) is 0.717. The van der Waals surface area contributed by atoms with Crippen molar-refractivity contribution >= 4 is 107 Å². The molecule has 0 spiro atoms. The number of hydrogen-bond donors (Lipinski definition) is 8. The maximum atomic E-state index is 14.3. The van der Waals surface area contributed by atoms with Crippen LogP contribution in [0.4, 0.5) is 22.0 Å². The Bertz CT molecular complexity index is 4360. The van der Waals surface area contributed by atoms with Crippen LogP contribution in [-0.2, 0) is 172 Å². The Morgan fingerprint density at radius 2 is 0.599 bits per heavy atom. The Kier molecular flexibility index (Phi) is 55.5. The summed E-state index contributed by atoms with van der Waals surface area (Å²) in [6.07, 6.45) is -11.8. The van der Waals surface area contributed by atoms with E-state index in [2.05, 4.69) is 47.3 Å². The third-order valence-corrected chi connectivity index (χ3v) is 21.6. The second-order valence-electron chi connectivity index (χ2n) is 33.7. The quantitative estimate of drug-likeness (QED) is 0.00879. The van der Waals surface area contributed by atoms with Crippen molar-refractivity contribution in [2.45, 2.75) is 335 Å². The third-order valence-electron chi connectivity index (χ3n) is 21.6. The van der Waals surface area contributed by atoms with Crippen LogP contribution >= 0.6 is 0 Å². The maximum Gasteiger partial charge on any atom is 0.311 e. The van der Waals surface area contributed by atoms with Gasteiger partial charge in [-0.3, -0.25) is 86.3 Å². The minimum atomic E-state index is -2.44. The number of unbranched alkanes of at least 4 members (excludes halogenated alkanes) is 11. The van der Waals surface area contributed by atoms with Crippen LogP contribution in [0.5, 0.6) is 5.75 Å². The van der Waals surface area contributed by atoms with Crippen LogP contribution in [0.1, 0.15) is 224 Å². The number of hydrogen-bond acceptors (Lipinski definition) is 37. The first-order valence-electron chi connectivity index (χ1n) is 47.1. The van der Waals surface area contributed by atoms with Gasteiger partial charge in [0.25, 0.3) is 0 Å². The van der Waals surface area contributed by atoms with E-state index in [-0.39, 0.29) is 123 Å². The number of ether oxygens (including phenoxy) is 19. The van der Waals surface area contributed by atoms with Gasteiger partial charge in [-0.2, -0.15) is 8.78 Å². The average molecular weight is 2040 g/mol. The highest BCUT2D eigenvalue weighted by atomic mass is 19.2. The number of carbonyl (C=O) groups is 18. The first-order valence-corrected chi connectivity index (χ1v) is 47.1. The molecule has 18 atom stereocenters. The predicted molar refractivity (Wildman–Crippen MR) is 476 cm³/mol. The van der Waals surface area contributed by atoms with Crippen LogP contribution in [0.25, 0.3) is 0 Å². The summed E-state index contributed by atoms with van der Waals surface area (Å²) in [5, 5.41) is 22.0. The van der Waals surface area contributed by atoms with Crippen molar-refractivity contribution in [1.82, 2.24) is 42.5 Å². The molecule has 1 aromatic rings. The molecule has 50 heteroatoms. The molecule has 800 valence electrons. The zero-order valence-electron chi connectivity index (χ0n) is 81.9. The molecular formula is C92H135F5N8O37. The molecule has 0 unspecified atom stereocenters. The maximum absolute atomic E-state index is 14.3. The Labute approximate surface area is 817 Å². The molecule has 142 heavy (non-hydrogen) atoms. The standard InChI is InChI=1S/C92H135F5N8O37/c1-50(106)103-78-86(136-59(10)115)82(133-56(7)112)65(47-130-53(4)109)139-90(78)127-39-26-16-13-21-34-99-69(119)31-42-124-63-45-62(89(123)102-38-25-24-37-98-68(118)29-19-20-30-72(122)142-85-76(96)74(94)73(93)75(95)77(85)97)46-64(125-43-32-70(120)100-35-22-14-17-27-40-128-91-79(104-51(2)107)87(137-60(11)116)83(134-57(8)113)66(140-91)48-131-54(5)110)81(63)126-44-33-71(121)101-36-23-15-18-28-41-129-92-80(105-52(3)108)88(138-61(12)117)84(135-58(9)114)67(141-92)49-132-55(6)111/h45,63-67,78-84,86-88,90-92H,13-44,46-49H2,1-12H3,(H,98,118)(H,99,119)(H,100,120)(H,101,121)(H,102,123)(H,103,106)(H,104,107)(H,105,108)/t63-,64-,65-,66-,67-,78-,79-,80-,81-,82+,83+,84+,86-,87-,88-,90-,91-,92-/m1/s1. The van der Waals surface area contributed by atoms with Gasteiger partial charge in [0.15, 0.2) is 55.5 Å². The smallest absolute Gasteiger partial charge is 0.311 e. The van der Waals surface area contributed by atoms with E-state index in [1.807, 2.05) is 0 Å².